The first-order chi connectivity index (χ1) is 12.6. The molecular formula is C17H18BrClN4O2S. The van der Waals surface area contributed by atoms with Crippen molar-refractivity contribution in [2.75, 3.05) is 18.5 Å². The standard InChI is InChI=1S/C17H18BrClN4O2S/c18-11-7-21-16-12(13(11)20-5-6-24)14-15(26-16)17(25)23(8-22-14)10-3-1-9(19)2-4-10/h7-10,24H,1-6H2,(H,20,21). The smallest absolute Gasteiger partial charge is 0.271 e. The van der Waals surface area contributed by atoms with E-state index in [1.54, 1.807) is 17.1 Å². The SMILES string of the molecule is O=c1c2sc3ncc(Br)c(NCCO)c3c2ncn1C1CCC(Cl)CC1. The second-order valence-electron chi connectivity index (χ2n) is 6.45. The molecule has 1 aliphatic carbocycles. The van der Waals surface area contributed by atoms with Crippen molar-refractivity contribution in [3.8, 4) is 0 Å². The normalized spacial score (nSPS) is 20.7. The minimum Gasteiger partial charge on any atom is -0.395 e. The Morgan fingerprint density at radius 3 is 2.85 bits per heavy atom. The third kappa shape index (κ3) is 3.13. The molecule has 1 saturated carbocycles. The molecule has 0 radical (unpaired) electrons. The topological polar surface area (TPSA) is 80.0 Å². The molecule has 138 valence electrons. The number of hydrogen-bond donors (Lipinski definition) is 2. The molecule has 1 fully saturated rings. The number of nitrogens with one attached hydrogen (secondary N) is 1. The number of aliphatic hydroxyl groups excluding tert-OH is 1. The average molecular weight is 458 g/mol. The van der Waals surface area contributed by atoms with E-state index in [1.165, 1.54) is 11.3 Å². The van der Waals surface area contributed by atoms with Crippen LogP contribution < -0.4 is 10.9 Å². The monoisotopic (exact) mass is 456 g/mol. The second kappa shape index (κ2) is 7.42. The lowest BCUT2D eigenvalue weighted by molar-refractivity contribution is 0.311. The molecule has 1 aliphatic rings. The highest BCUT2D eigenvalue weighted by Crippen LogP contribution is 2.38. The number of hydrogen-bond acceptors (Lipinski definition) is 6. The fourth-order valence-corrected chi connectivity index (χ4v) is 5.25. The molecule has 0 unspecified atom stereocenters. The van der Waals surface area contributed by atoms with Gasteiger partial charge >= 0.3 is 0 Å². The molecule has 26 heavy (non-hydrogen) atoms. The third-order valence-corrected chi connectivity index (χ3v) is 6.93. The van der Waals surface area contributed by atoms with E-state index in [1.807, 2.05) is 0 Å². The largest absolute Gasteiger partial charge is 0.395 e. The van der Waals surface area contributed by atoms with Crippen LogP contribution in [0.1, 0.15) is 31.7 Å². The lowest BCUT2D eigenvalue weighted by atomic mass is 9.95. The van der Waals surface area contributed by atoms with E-state index in [2.05, 4.69) is 31.2 Å². The van der Waals surface area contributed by atoms with Gasteiger partial charge in [-0.15, -0.1) is 22.9 Å². The third-order valence-electron chi connectivity index (χ3n) is 4.82. The highest BCUT2D eigenvalue weighted by molar-refractivity contribution is 9.10. The van der Waals surface area contributed by atoms with Crippen LogP contribution >= 0.6 is 38.9 Å². The van der Waals surface area contributed by atoms with Crippen molar-refractivity contribution in [2.24, 2.45) is 0 Å². The Morgan fingerprint density at radius 2 is 2.12 bits per heavy atom. The van der Waals surface area contributed by atoms with Gasteiger partial charge in [0.1, 0.15) is 15.0 Å². The van der Waals surface area contributed by atoms with E-state index in [0.717, 1.165) is 46.1 Å². The summed E-state index contributed by atoms with van der Waals surface area (Å²) in [6, 6.07) is 0.159. The van der Waals surface area contributed by atoms with Crippen molar-refractivity contribution in [3.63, 3.8) is 0 Å². The van der Waals surface area contributed by atoms with E-state index in [0.29, 0.717) is 16.8 Å². The predicted octanol–water partition coefficient (Wildman–Crippen LogP) is 3.90. The van der Waals surface area contributed by atoms with Gasteiger partial charge in [0.05, 0.1) is 28.5 Å². The lowest BCUT2D eigenvalue weighted by Gasteiger charge is -2.26. The molecule has 0 aliphatic heterocycles. The van der Waals surface area contributed by atoms with Crippen LogP contribution in [0.2, 0.25) is 0 Å². The Balaban J connectivity index is 1.86. The van der Waals surface area contributed by atoms with Gasteiger partial charge in [-0.2, -0.15) is 0 Å². The number of nitrogens with zero attached hydrogens (tertiary/aromatic N) is 3. The molecule has 0 saturated heterocycles. The van der Waals surface area contributed by atoms with Gasteiger partial charge in [-0.1, -0.05) is 0 Å². The van der Waals surface area contributed by atoms with Crippen LogP contribution in [-0.4, -0.2) is 38.2 Å². The summed E-state index contributed by atoms with van der Waals surface area (Å²) in [5.41, 5.74) is 1.45. The van der Waals surface area contributed by atoms with Crippen molar-refractivity contribution < 1.29 is 5.11 Å². The zero-order valence-electron chi connectivity index (χ0n) is 13.9. The average Bonchev–Trinajstić information content (AvgIpc) is 3.02. The number of rotatable bonds is 4. The van der Waals surface area contributed by atoms with Crippen molar-refractivity contribution in [3.05, 3.63) is 27.4 Å². The molecule has 9 heteroatoms. The van der Waals surface area contributed by atoms with Crippen LogP contribution in [0.3, 0.4) is 0 Å². The number of thiophene rings is 1. The first-order valence-electron chi connectivity index (χ1n) is 8.56. The Kier molecular flexibility index (Phi) is 5.18. The van der Waals surface area contributed by atoms with Gasteiger partial charge in [-0.3, -0.25) is 9.36 Å². The number of fused-ring (bicyclic) bond motifs is 3. The van der Waals surface area contributed by atoms with Crippen LogP contribution in [0.4, 0.5) is 5.69 Å². The van der Waals surface area contributed by atoms with Gasteiger partial charge in [0, 0.05) is 24.2 Å². The van der Waals surface area contributed by atoms with Crippen molar-refractivity contribution in [1.29, 1.82) is 0 Å². The molecule has 3 aromatic heterocycles. The fraction of sp³-hybridized carbons (Fsp3) is 0.471. The zero-order chi connectivity index (χ0) is 18.3. The first-order valence-corrected chi connectivity index (χ1v) is 10.6. The summed E-state index contributed by atoms with van der Waals surface area (Å²) < 4.78 is 3.16. The summed E-state index contributed by atoms with van der Waals surface area (Å²) in [4.78, 5) is 22.9. The Hall–Kier alpha value is -1.22. The van der Waals surface area contributed by atoms with Crippen LogP contribution in [0.5, 0.6) is 0 Å². The molecule has 6 nitrogen and oxygen atoms in total. The molecular weight excluding hydrogens is 440 g/mol. The summed E-state index contributed by atoms with van der Waals surface area (Å²) in [5.74, 6) is 0. The maximum atomic E-state index is 13.1. The van der Waals surface area contributed by atoms with Crippen molar-refractivity contribution in [1.82, 2.24) is 14.5 Å². The van der Waals surface area contributed by atoms with Gasteiger partial charge in [-0.25, -0.2) is 9.97 Å². The number of halogens is 2. The fourth-order valence-electron chi connectivity index (χ4n) is 3.51. The van der Waals surface area contributed by atoms with Crippen LogP contribution in [-0.2, 0) is 0 Å². The van der Waals surface area contributed by atoms with Crippen LogP contribution in [0, 0.1) is 0 Å². The number of alkyl halides is 1. The molecule has 2 N–H and O–H groups in total. The van der Waals surface area contributed by atoms with Crippen molar-refractivity contribution in [2.45, 2.75) is 37.1 Å². The Bertz CT molecular complexity index is 1010. The van der Waals surface area contributed by atoms with E-state index in [4.69, 9.17) is 16.7 Å². The minimum absolute atomic E-state index is 0.0137. The molecule has 3 heterocycles. The lowest BCUT2D eigenvalue weighted by Crippen LogP contribution is -2.28. The second-order valence-corrected chi connectivity index (χ2v) is 8.92. The number of aliphatic hydroxyl groups is 1. The summed E-state index contributed by atoms with van der Waals surface area (Å²) in [7, 11) is 0. The van der Waals surface area contributed by atoms with E-state index >= 15 is 0 Å². The van der Waals surface area contributed by atoms with Gasteiger partial charge < -0.3 is 10.4 Å². The first kappa shape index (κ1) is 18.2. The summed E-state index contributed by atoms with van der Waals surface area (Å²) >= 11 is 11.1. The van der Waals surface area contributed by atoms with Gasteiger partial charge in [-0.05, 0) is 41.6 Å². The maximum Gasteiger partial charge on any atom is 0.271 e. The molecule has 0 amide bonds. The van der Waals surface area contributed by atoms with Crippen LogP contribution in [0.25, 0.3) is 20.4 Å². The molecule has 0 aromatic carbocycles. The molecule has 0 bridgehead atoms. The highest BCUT2D eigenvalue weighted by Gasteiger charge is 2.24. The number of aromatic nitrogens is 3. The van der Waals surface area contributed by atoms with E-state index in [-0.39, 0.29) is 23.6 Å². The van der Waals surface area contributed by atoms with Gasteiger partial charge in [0.25, 0.3) is 5.56 Å². The molecule has 4 rings (SSSR count). The zero-order valence-corrected chi connectivity index (χ0v) is 17.1. The number of pyridine rings is 1. The highest BCUT2D eigenvalue weighted by atomic mass is 79.9. The van der Waals surface area contributed by atoms with Gasteiger partial charge in [0.15, 0.2) is 0 Å². The predicted molar refractivity (Wildman–Crippen MR) is 110 cm³/mol. The summed E-state index contributed by atoms with van der Waals surface area (Å²) in [5, 5.41) is 13.4. The van der Waals surface area contributed by atoms with Gasteiger partial charge in [0.2, 0.25) is 0 Å². The molecule has 0 atom stereocenters. The summed E-state index contributed by atoms with van der Waals surface area (Å²) in [6.45, 7) is 0.426. The molecule has 0 spiro atoms. The molecule has 3 aromatic rings. The van der Waals surface area contributed by atoms with E-state index < -0.39 is 0 Å². The number of anilines is 1. The maximum absolute atomic E-state index is 13.1. The minimum atomic E-state index is -0.0137. The Labute approximate surface area is 167 Å². The van der Waals surface area contributed by atoms with E-state index in [9.17, 15) is 4.79 Å². The Morgan fingerprint density at radius 1 is 1.35 bits per heavy atom. The quantitative estimate of drug-likeness (QED) is 0.581. The van der Waals surface area contributed by atoms with Crippen molar-refractivity contribution >= 4 is 65.0 Å². The summed E-state index contributed by atoms with van der Waals surface area (Å²) in [6.07, 6.45) is 7.02. The van der Waals surface area contributed by atoms with Crippen LogP contribution in [0.15, 0.2) is 21.8 Å².